The molecule has 1 aliphatic carbocycles. The van der Waals surface area contributed by atoms with Crippen molar-refractivity contribution in [2.75, 3.05) is 0 Å². The fraction of sp³-hybridized carbons (Fsp3) is 0.588. The molecule has 0 aliphatic heterocycles. The molecule has 142 valence electrons. The molecule has 0 saturated carbocycles. The van der Waals surface area contributed by atoms with E-state index in [2.05, 4.69) is 15.5 Å². The van der Waals surface area contributed by atoms with Crippen LogP contribution in [0.15, 0.2) is 12.3 Å². The zero-order valence-corrected chi connectivity index (χ0v) is 15.0. The van der Waals surface area contributed by atoms with Gasteiger partial charge in [0.1, 0.15) is 6.04 Å². The zero-order valence-electron chi connectivity index (χ0n) is 15.0. The van der Waals surface area contributed by atoms with Gasteiger partial charge in [-0.3, -0.25) is 14.2 Å². The van der Waals surface area contributed by atoms with Crippen molar-refractivity contribution in [3.05, 3.63) is 34.9 Å². The molecule has 0 spiro atoms. The summed E-state index contributed by atoms with van der Waals surface area (Å²) in [5.41, 5.74) is 0.609. The first kappa shape index (κ1) is 18.5. The van der Waals surface area contributed by atoms with Crippen LogP contribution in [0.25, 0.3) is 0 Å². The first-order chi connectivity index (χ1) is 12.2. The van der Waals surface area contributed by atoms with E-state index in [-0.39, 0.29) is 17.5 Å². The fourth-order valence-corrected chi connectivity index (χ4v) is 3.47. The van der Waals surface area contributed by atoms with Crippen molar-refractivity contribution in [2.24, 2.45) is 7.05 Å². The molecule has 0 aromatic carbocycles. The normalized spacial score (nSPS) is 16.4. The van der Waals surface area contributed by atoms with Crippen molar-refractivity contribution in [1.29, 1.82) is 0 Å². The van der Waals surface area contributed by atoms with Gasteiger partial charge in [0.05, 0.1) is 11.7 Å². The van der Waals surface area contributed by atoms with E-state index in [1.807, 2.05) is 0 Å². The molecule has 2 atom stereocenters. The minimum atomic E-state index is -4.50. The molecule has 0 saturated heterocycles. The number of amides is 1. The topological polar surface area (TPSA) is 64.7 Å². The Morgan fingerprint density at radius 1 is 1.35 bits per heavy atom. The third-order valence-electron chi connectivity index (χ3n) is 4.75. The predicted molar refractivity (Wildman–Crippen MR) is 88.3 cm³/mol. The first-order valence-corrected chi connectivity index (χ1v) is 8.69. The third kappa shape index (κ3) is 3.34. The van der Waals surface area contributed by atoms with Gasteiger partial charge >= 0.3 is 6.18 Å². The van der Waals surface area contributed by atoms with Gasteiger partial charge in [0.25, 0.3) is 0 Å². The highest BCUT2D eigenvalue weighted by Gasteiger charge is 2.41. The summed E-state index contributed by atoms with van der Waals surface area (Å²) in [5.74, 6) is -0.350. The molecule has 0 fully saturated rings. The molecule has 2 aromatic rings. The minimum Gasteiger partial charge on any atom is -0.346 e. The Morgan fingerprint density at radius 2 is 2.08 bits per heavy atom. The second kappa shape index (κ2) is 6.77. The maximum absolute atomic E-state index is 13.3. The van der Waals surface area contributed by atoms with Crippen LogP contribution in [0, 0.1) is 0 Å². The van der Waals surface area contributed by atoms with Crippen molar-refractivity contribution >= 4 is 5.91 Å². The van der Waals surface area contributed by atoms with E-state index in [1.165, 1.54) is 4.68 Å². The number of nitrogens with one attached hydrogen (secondary N) is 1. The SMILES string of the molecule is CC[C@@H](C(=O)N[C@H](C)c1ccn(C)n1)n1nc(C(F)(F)F)c2c1CCC2. The van der Waals surface area contributed by atoms with Crippen LogP contribution in [-0.4, -0.2) is 25.5 Å². The van der Waals surface area contributed by atoms with E-state index in [0.29, 0.717) is 37.1 Å². The van der Waals surface area contributed by atoms with Gasteiger partial charge in [-0.05, 0) is 38.7 Å². The van der Waals surface area contributed by atoms with Gasteiger partial charge in [-0.1, -0.05) is 6.92 Å². The van der Waals surface area contributed by atoms with Crippen molar-refractivity contribution in [3.63, 3.8) is 0 Å². The van der Waals surface area contributed by atoms with Crippen LogP contribution in [0.4, 0.5) is 13.2 Å². The number of carbonyl (C=O) groups is 1. The molecule has 3 rings (SSSR count). The largest absolute Gasteiger partial charge is 0.435 e. The first-order valence-electron chi connectivity index (χ1n) is 8.69. The molecule has 2 aromatic heterocycles. The molecule has 9 heteroatoms. The summed E-state index contributed by atoms with van der Waals surface area (Å²) in [5, 5.41) is 10.9. The third-order valence-corrected chi connectivity index (χ3v) is 4.75. The van der Waals surface area contributed by atoms with Gasteiger partial charge in [-0.2, -0.15) is 23.4 Å². The lowest BCUT2D eigenvalue weighted by atomic mass is 10.1. The molecule has 2 heterocycles. The Bertz CT molecular complexity index is 808. The summed E-state index contributed by atoms with van der Waals surface area (Å²) in [7, 11) is 1.78. The summed E-state index contributed by atoms with van der Waals surface area (Å²) in [6.45, 7) is 3.56. The number of fused-ring (bicyclic) bond motifs is 1. The number of hydrogen-bond donors (Lipinski definition) is 1. The highest BCUT2D eigenvalue weighted by atomic mass is 19.4. The average molecular weight is 369 g/mol. The minimum absolute atomic E-state index is 0.238. The van der Waals surface area contributed by atoms with E-state index in [1.54, 1.807) is 37.8 Å². The average Bonchev–Trinajstić information content (AvgIpc) is 3.24. The molecule has 0 bridgehead atoms. The summed E-state index contributed by atoms with van der Waals surface area (Å²) < 4.78 is 42.7. The predicted octanol–water partition coefficient (Wildman–Crippen LogP) is 2.95. The van der Waals surface area contributed by atoms with Gasteiger partial charge in [0, 0.05) is 24.5 Å². The van der Waals surface area contributed by atoms with Crippen LogP contribution in [-0.2, 0) is 30.9 Å². The van der Waals surface area contributed by atoms with Crippen LogP contribution in [0.1, 0.15) is 61.4 Å². The second-order valence-corrected chi connectivity index (χ2v) is 6.64. The smallest absolute Gasteiger partial charge is 0.346 e. The van der Waals surface area contributed by atoms with E-state index in [0.717, 1.165) is 0 Å². The van der Waals surface area contributed by atoms with Crippen LogP contribution < -0.4 is 5.32 Å². The molecule has 0 unspecified atom stereocenters. The fourth-order valence-electron chi connectivity index (χ4n) is 3.47. The van der Waals surface area contributed by atoms with E-state index in [9.17, 15) is 18.0 Å². The lowest BCUT2D eigenvalue weighted by Crippen LogP contribution is -2.35. The van der Waals surface area contributed by atoms with Crippen molar-refractivity contribution in [1.82, 2.24) is 24.9 Å². The molecular formula is C17H22F3N5O. The molecule has 26 heavy (non-hydrogen) atoms. The number of aromatic nitrogens is 4. The number of hydrogen-bond acceptors (Lipinski definition) is 3. The van der Waals surface area contributed by atoms with Gasteiger partial charge in [0.2, 0.25) is 5.91 Å². The summed E-state index contributed by atoms with van der Waals surface area (Å²) in [4.78, 5) is 12.7. The Hall–Kier alpha value is -2.32. The standard InChI is InChI=1S/C17H22F3N5O/c1-4-13(16(26)21-10(2)12-8-9-24(3)22-12)25-14-7-5-6-11(14)15(23-25)17(18,19)20/h8-10,13H,4-7H2,1-3H3,(H,21,26)/t10-,13+/m1/s1. The number of nitrogens with zero attached hydrogens (tertiary/aromatic N) is 4. The van der Waals surface area contributed by atoms with Crippen LogP contribution in [0.5, 0.6) is 0 Å². The number of rotatable bonds is 5. The highest BCUT2D eigenvalue weighted by molar-refractivity contribution is 5.80. The summed E-state index contributed by atoms with van der Waals surface area (Å²) in [6.07, 6.45) is -0.865. The number of halogens is 3. The second-order valence-electron chi connectivity index (χ2n) is 6.64. The van der Waals surface area contributed by atoms with Crippen molar-refractivity contribution < 1.29 is 18.0 Å². The van der Waals surface area contributed by atoms with E-state index >= 15 is 0 Å². The van der Waals surface area contributed by atoms with Gasteiger partial charge < -0.3 is 5.32 Å². The van der Waals surface area contributed by atoms with Crippen LogP contribution in [0.2, 0.25) is 0 Å². The maximum atomic E-state index is 13.3. The van der Waals surface area contributed by atoms with Crippen molar-refractivity contribution in [3.8, 4) is 0 Å². The Labute approximate surface area is 149 Å². The van der Waals surface area contributed by atoms with Crippen LogP contribution >= 0.6 is 0 Å². The maximum Gasteiger partial charge on any atom is 0.435 e. The lowest BCUT2D eigenvalue weighted by Gasteiger charge is -2.20. The van der Waals surface area contributed by atoms with Gasteiger partial charge in [-0.25, -0.2) is 0 Å². The Morgan fingerprint density at radius 3 is 2.65 bits per heavy atom. The quantitative estimate of drug-likeness (QED) is 0.881. The number of alkyl halides is 3. The monoisotopic (exact) mass is 369 g/mol. The molecule has 1 amide bonds. The van der Waals surface area contributed by atoms with E-state index in [4.69, 9.17) is 0 Å². The lowest BCUT2D eigenvalue weighted by molar-refractivity contribution is -0.142. The highest BCUT2D eigenvalue weighted by Crippen LogP contribution is 2.37. The number of carbonyl (C=O) groups excluding carboxylic acids is 1. The zero-order chi connectivity index (χ0) is 19.1. The van der Waals surface area contributed by atoms with Crippen molar-refractivity contribution in [2.45, 2.75) is 57.8 Å². The number of aryl methyl sites for hydroxylation is 1. The molecule has 1 N–H and O–H groups in total. The van der Waals surface area contributed by atoms with Gasteiger partial charge in [-0.15, -0.1) is 0 Å². The van der Waals surface area contributed by atoms with Crippen LogP contribution in [0.3, 0.4) is 0 Å². The molecule has 0 radical (unpaired) electrons. The molecule has 1 aliphatic rings. The summed E-state index contributed by atoms with van der Waals surface area (Å²) in [6, 6.07) is 0.673. The van der Waals surface area contributed by atoms with E-state index < -0.39 is 17.9 Å². The van der Waals surface area contributed by atoms with Gasteiger partial charge in [0.15, 0.2) is 5.69 Å². The molecule has 6 nitrogen and oxygen atoms in total. The summed E-state index contributed by atoms with van der Waals surface area (Å²) >= 11 is 0. The Balaban J connectivity index is 1.86. The Kier molecular flexibility index (Phi) is 4.81. The molecular weight excluding hydrogens is 347 g/mol.